The fourth-order valence-corrected chi connectivity index (χ4v) is 2.72. The van der Waals surface area contributed by atoms with Gasteiger partial charge in [0.1, 0.15) is 0 Å². The lowest BCUT2D eigenvalue weighted by Crippen LogP contribution is -2.38. The van der Waals surface area contributed by atoms with Crippen molar-refractivity contribution in [3.63, 3.8) is 0 Å². The Morgan fingerprint density at radius 2 is 2.21 bits per heavy atom. The average Bonchev–Trinajstić information content (AvgIpc) is 2.77. The van der Waals surface area contributed by atoms with Gasteiger partial charge in [-0.3, -0.25) is 4.79 Å². The number of anilines is 1. The average molecular weight is 264 g/mol. The summed E-state index contributed by atoms with van der Waals surface area (Å²) in [5.41, 5.74) is 5.48. The van der Waals surface area contributed by atoms with Crippen molar-refractivity contribution in [3.8, 4) is 0 Å². The minimum atomic E-state index is -0.237. The van der Waals surface area contributed by atoms with Gasteiger partial charge in [-0.15, -0.1) is 0 Å². The molecule has 0 bridgehead atoms. The summed E-state index contributed by atoms with van der Waals surface area (Å²) in [6.07, 6.45) is 6.78. The third-order valence-electron chi connectivity index (χ3n) is 3.85. The molecule has 19 heavy (non-hydrogen) atoms. The van der Waals surface area contributed by atoms with E-state index >= 15 is 0 Å². The molecule has 0 saturated heterocycles. The van der Waals surface area contributed by atoms with E-state index in [0.717, 1.165) is 12.8 Å². The maximum Gasteiger partial charge on any atom is 0.293 e. The molecule has 0 aliphatic heterocycles. The quantitative estimate of drug-likeness (QED) is 0.868. The van der Waals surface area contributed by atoms with Gasteiger partial charge in [0.15, 0.2) is 5.82 Å². The minimum absolute atomic E-state index is 0.0577. The molecule has 2 rings (SSSR count). The number of hydrogen-bond acceptors (Lipinski definition) is 4. The highest BCUT2D eigenvalue weighted by atomic mass is 16.1. The summed E-state index contributed by atoms with van der Waals surface area (Å²) in [5, 5.41) is 3.30. The summed E-state index contributed by atoms with van der Waals surface area (Å²) in [6, 6.07) is 0.279. The second-order valence-electron chi connectivity index (χ2n) is 6.30. The van der Waals surface area contributed by atoms with Crippen LogP contribution < -0.4 is 16.6 Å². The number of nitrogens with two attached hydrogens (primary N) is 1. The molecular weight excluding hydrogens is 240 g/mol. The van der Waals surface area contributed by atoms with E-state index in [1.54, 1.807) is 17.0 Å². The Bertz CT molecular complexity index is 489. The van der Waals surface area contributed by atoms with Crippen LogP contribution in [0.4, 0.5) is 5.82 Å². The zero-order valence-corrected chi connectivity index (χ0v) is 12.0. The minimum Gasteiger partial charge on any atom is -0.362 e. The molecule has 1 aromatic heterocycles. The van der Waals surface area contributed by atoms with E-state index in [1.165, 1.54) is 6.42 Å². The summed E-state index contributed by atoms with van der Waals surface area (Å²) in [5.74, 6) is 0.896. The summed E-state index contributed by atoms with van der Waals surface area (Å²) < 4.78 is 1.72. The van der Waals surface area contributed by atoms with Crippen LogP contribution in [0.15, 0.2) is 17.2 Å². The smallest absolute Gasteiger partial charge is 0.293 e. The first-order valence-corrected chi connectivity index (χ1v) is 6.98. The number of nitrogens with zero attached hydrogens (tertiary/aromatic N) is 2. The molecule has 0 amide bonds. The SMILES string of the molecule is CC(C)(C)n1ccnc(NC2CCCC2CN)c1=O. The Balaban J connectivity index is 2.24. The topological polar surface area (TPSA) is 72.9 Å². The predicted molar refractivity (Wildman–Crippen MR) is 77.3 cm³/mol. The van der Waals surface area contributed by atoms with E-state index < -0.39 is 0 Å². The van der Waals surface area contributed by atoms with E-state index in [-0.39, 0.29) is 17.1 Å². The van der Waals surface area contributed by atoms with Crippen molar-refractivity contribution in [1.82, 2.24) is 9.55 Å². The van der Waals surface area contributed by atoms with Crippen LogP contribution in [0.5, 0.6) is 0 Å². The van der Waals surface area contributed by atoms with E-state index in [4.69, 9.17) is 5.73 Å². The molecule has 0 aromatic carbocycles. The van der Waals surface area contributed by atoms with Crippen LogP contribution in [-0.4, -0.2) is 22.1 Å². The second kappa shape index (κ2) is 5.33. The molecule has 0 spiro atoms. The number of hydrogen-bond donors (Lipinski definition) is 2. The van der Waals surface area contributed by atoms with Gasteiger partial charge in [0, 0.05) is 24.0 Å². The molecule has 1 heterocycles. The number of nitrogens with one attached hydrogen (secondary N) is 1. The van der Waals surface area contributed by atoms with Crippen molar-refractivity contribution >= 4 is 5.82 Å². The van der Waals surface area contributed by atoms with Crippen LogP contribution in [0.3, 0.4) is 0 Å². The highest BCUT2D eigenvalue weighted by molar-refractivity contribution is 5.33. The molecule has 1 fully saturated rings. The predicted octanol–water partition coefficient (Wildman–Crippen LogP) is 1.54. The maximum absolute atomic E-state index is 12.4. The Morgan fingerprint density at radius 3 is 2.84 bits per heavy atom. The molecule has 3 N–H and O–H groups in total. The van der Waals surface area contributed by atoms with Crippen molar-refractivity contribution in [2.45, 2.75) is 51.6 Å². The zero-order valence-electron chi connectivity index (χ0n) is 12.0. The molecule has 1 aromatic rings. The second-order valence-corrected chi connectivity index (χ2v) is 6.30. The Hall–Kier alpha value is -1.36. The summed E-state index contributed by atoms with van der Waals surface area (Å²) >= 11 is 0. The van der Waals surface area contributed by atoms with Gasteiger partial charge in [-0.05, 0) is 46.1 Å². The monoisotopic (exact) mass is 264 g/mol. The van der Waals surface area contributed by atoms with Gasteiger partial charge in [-0.25, -0.2) is 4.98 Å². The van der Waals surface area contributed by atoms with Crippen molar-refractivity contribution in [2.24, 2.45) is 11.7 Å². The fourth-order valence-electron chi connectivity index (χ4n) is 2.72. The molecule has 0 radical (unpaired) electrons. The molecule has 1 aliphatic carbocycles. The highest BCUT2D eigenvalue weighted by Gasteiger charge is 2.27. The number of aromatic nitrogens is 2. The van der Waals surface area contributed by atoms with Crippen molar-refractivity contribution in [1.29, 1.82) is 0 Å². The van der Waals surface area contributed by atoms with Crippen molar-refractivity contribution < 1.29 is 0 Å². The van der Waals surface area contributed by atoms with Crippen LogP contribution in [0.25, 0.3) is 0 Å². The zero-order chi connectivity index (χ0) is 14.0. The maximum atomic E-state index is 12.4. The largest absolute Gasteiger partial charge is 0.362 e. The first kappa shape index (κ1) is 14.1. The standard InChI is InChI=1S/C14H24N4O/c1-14(2,3)18-8-7-16-12(13(18)19)17-11-6-4-5-10(11)9-15/h7-8,10-11H,4-6,9,15H2,1-3H3,(H,16,17). The van der Waals surface area contributed by atoms with Crippen LogP contribution in [0.1, 0.15) is 40.0 Å². The van der Waals surface area contributed by atoms with Crippen LogP contribution >= 0.6 is 0 Å². The van der Waals surface area contributed by atoms with E-state index in [2.05, 4.69) is 10.3 Å². The first-order chi connectivity index (χ1) is 8.93. The summed E-state index contributed by atoms with van der Waals surface area (Å²) in [6.45, 7) is 6.70. The molecule has 1 saturated carbocycles. The van der Waals surface area contributed by atoms with Crippen LogP contribution in [-0.2, 0) is 5.54 Å². The lowest BCUT2D eigenvalue weighted by molar-refractivity contribution is 0.382. The van der Waals surface area contributed by atoms with Gasteiger partial charge < -0.3 is 15.6 Å². The molecule has 106 valence electrons. The first-order valence-electron chi connectivity index (χ1n) is 6.98. The van der Waals surface area contributed by atoms with Gasteiger partial charge in [0.2, 0.25) is 0 Å². The van der Waals surface area contributed by atoms with E-state index in [0.29, 0.717) is 18.3 Å². The third-order valence-corrected chi connectivity index (χ3v) is 3.85. The van der Waals surface area contributed by atoms with Gasteiger partial charge >= 0.3 is 0 Å². The Kier molecular flexibility index (Phi) is 3.94. The lowest BCUT2D eigenvalue weighted by Gasteiger charge is -2.24. The molecule has 5 nitrogen and oxygen atoms in total. The van der Waals surface area contributed by atoms with E-state index in [1.807, 2.05) is 20.8 Å². The molecule has 2 unspecified atom stereocenters. The Morgan fingerprint density at radius 1 is 1.47 bits per heavy atom. The summed E-state index contributed by atoms with van der Waals surface area (Å²) in [7, 11) is 0. The van der Waals surface area contributed by atoms with E-state index in [9.17, 15) is 4.79 Å². The van der Waals surface area contributed by atoms with Gasteiger partial charge in [0.05, 0.1) is 0 Å². The van der Waals surface area contributed by atoms with Gasteiger partial charge in [-0.2, -0.15) is 0 Å². The van der Waals surface area contributed by atoms with Gasteiger partial charge in [-0.1, -0.05) is 6.42 Å². The molecule has 5 heteroatoms. The van der Waals surface area contributed by atoms with Crippen molar-refractivity contribution in [3.05, 3.63) is 22.7 Å². The highest BCUT2D eigenvalue weighted by Crippen LogP contribution is 2.26. The van der Waals surface area contributed by atoms with Crippen molar-refractivity contribution in [2.75, 3.05) is 11.9 Å². The van der Waals surface area contributed by atoms with Crippen LogP contribution in [0, 0.1) is 5.92 Å². The normalized spacial score (nSPS) is 23.6. The fraction of sp³-hybridized carbons (Fsp3) is 0.714. The summed E-state index contributed by atoms with van der Waals surface area (Å²) in [4.78, 5) is 16.6. The third kappa shape index (κ3) is 2.97. The molecule has 1 aliphatic rings. The lowest BCUT2D eigenvalue weighted by atomic mass is 10.0. The number of rotatable bonds is 3. The molecular formula is C14H24N4O. The van der Waals surface area contributed by atoms with Gasteiger partial charge in [0.25, 0.3) is 5.56 Å². The molecule has 2 atom stereocenters. The van der Waals surface area contributed by atoms with Crippen LogP contribution in [0.2, 0.25) is 0 Å². The Labute approximate surface area is 114 Å².